The molecule has 0 saturated heterocycles. The van der Waals surface area contributed by atoms with Crippen LogP contribution in [0.4, 0.5) is 0 Å². The molecule has 0 saturated carbocycles. The fourth-order valence-corrected chi connectivity index (χ4v) is 7.81. The molecule has 1 radical (unpaired) electrons. The van der Waals surface area contributed by atoms with Crippen LogP contribution >= 0.6 is 0 Å². The van der Waals surface area contributed by atoms with Gasteiger partial charge in [0.1, 0.15) is 44.6 Å². The molecule has 0 bridgehead atoms. The molecule has 11 N–H and O–H groups in total. The highest BCUT2D eigenvalue weighted by Gasteiger charge is 2.25. The van der Waals surface area contributed by atoms with Crippen molar-refractivity contribution in [3.63, 3.8) is 0 Å². The average Bonchev–Trinajstić information content (AvgIpc) is 3.58. The summed E-state index contributed by atoms with van der Waals surface area (Å²) >= 11 is 0. The zero-order valence-electron chi connectivity index (χ0n) is 50.9. The Balaban J connectivity index is 3.68. The number of hydrogen-bond donors (Lipinski definition) is 11. The van der Waals surface area contributed by atoms with Gasteiger partial charge in [-0.25, -0.2) is 14.4 Å². The summed E-state index contributed by atoms with van der Waals surface area (Å²) < 4.78 is 42.4. The number of carboxylic acid groups (broad SMARTS) is 4. The minimum absolute atomic E-state index is 0.0283. The Kier molecular flexibility index (Phi) is 53.9. The van der Waals surface area contributed by atoms with Gasteiger partial charge in [0.2, 0.25) is 41.4 Å². The quantitative estimate of drug-likeness (QED) is 0.0359. The van der Waals surface area contributed by atoms with Gasteiger partial charge in [-0.1, -0.05) is 77.0 Å². The van der Waals surface area contributed by atoms with E-state index in [0.29, 0.717) is 6.42 Å². The Morgan fingerprint density at radius 1 is 0.295 bits per heavy atom. The number of aliphatic carboxylic acids is 4. The molecule has 0 aromatic rings. The van der Waals surface area contributed by atoms with Gasteiger partial charge in [0.05, 0.1) is 79.3 Å². The summed E-state index contributed by atoms with van der Waals surface area (Å²) in [6.07, 6.45) is 15.6. The van der Waals surface area contributed by atoms with Gasteiger partial charge < -0.3 is 95.5 Å². The van der Waals surface area contributed by atoms with Gasteiger partial charge >= 0.3 is 23.9 Å². The van der Waals surface area contributed by atoms with Gasteiger partial charge in [0, 0.05) is 58.3 Å². The molecule has 0 aliphatic rings. The monoisotopic (exact) mass is 1260 g/mol. The Morgan fingerprint density at radius 2 is 0.568 bits per heavy atom. The van der Waals surface area contributed by atoms with Crippen LogP contribution < -0.4 is 37.2 Å². The van der Waals surface area contributed by atoms with Crippen molar-refractivity contribution < 1.29 is 116 Å². The van der Waals surface area contributed by atoms with E-state index < -0.39 is 72.8 Å². The number of unbranched alkanes of at least 4 members (excludes halogenated alkanes) is 13. The van der Waals surface area contributed by atoms with Crippen LogP contribution in [0.3, 0.4) is 0 Å². The third-order valence-electron chi connectivity index (χ3n) is 12.5. The van der Waals surface area contributed by atoms with E-state index in [1.165, 1.54) is 38.4 Å². The second-order valence-corrected chi connectivity index (χ2v) is 20.0. The lowest BCUT2D eigenvalue weighted by Crippen LogP contribution is -2.44. The van der Waals surface area contributed by atoms with Gasteiger partial charge in [0.25, 0.3) is 0 Å². The van der Waals surface area contributed by atoms with Crippen LogP contribution in [0.15, 0.2) is 0 Å². The third kappa shape index (κ3) is 54.9. The maximum Gasteiger partial charge on any atom is 0.326 e. The summed E-state index contributed by atoms with van der Waals surface area (Å²) in [5.74, 6) is -8.11. The molecule has 31 heteroatoms. The summed E-state index contributed by atoms with van der Waals surface area (Å²) in [6, 6.07) is -3.95. The summed E-state index contributed by atoms with van der Waals surface area (Å²) in [6.45, 7) is 1.22. The number of carbonyl (C=O) groups is 11. The summed E-state index contributed by atoms with van der Waals surface area (Å²) in [5.41, 5.74) is 0. The third-order valence-corrected chi connectivity index (χ3v) is 12.5. The number of hydrogen-bond acceptors (Lipinski definition) is 20. The first-order chi connectivity index (χ1) is 42.4. The van der Waals surface area contributed by atoms with Gasteiger partial charge in [-0.05, 0) is 32.1 Å². The smallest absolute Gasteiger partial charge is 0.326 e. The van der Waals surface area contributed by atoms with E-state index in [2.05, 4.69) is 37.2 Å². The Morgan fingerprint density at radius 3 is 0.909 bits per heavy atom. The van der Waals surface area contributed by atoms with Crippen molar-refractivity contribution in [2.45, 2.75) is 159 Å². The Labute approximate surface area is 514 Å². The summed E-state index contributed by atoms with van der Waals surface area (Å²) in [4.78, 5) is 140. The van der Waals surface area contributed by atoms with Crippen LogP contribution in [0.1, 0.15) is 141 Å². The second kappa shape index (κ2) is 58.2. The van der Waals surface area contributed by atoms with Gasteiger partial charge in [0.15, 0.2) is 6.29 Å². The van der Waals surface area contributed by atoms with Crippen molar-refractivity contribution in [3.8, 4) is 0 Å². The van der Waals surface area contributed by atoms with Gasteiger partial charge in [-0.15, -0.1) is 0 Å². The van der Waals surface area contributed by atoms with Gasteiger partial charge in [-0.3, -0.25) is 43.2 Å². The molecule has 0 rings (SSSR count). The largest absolute Gasteiger partial charge is 0.481 e. The van der Waals surface area contributed by atoms with Crippen molar-refractivity contribution in [3.05, 3.63) is 0 Å². The molecule has 0 aliphatic heterocycles. The van der Waals surface area contributed by atoms with E-state index in [9.17, 15) is 67.7 Å². The Bertz CT molecular complexity index is 1970. The topological polar surface area (TPSA) is 444 Å². The molecule has 0 aliphatic carbocycles. The molecule has 0 aromatic carbocycles. The molecule has 505 valence electrons. The fourth-order valence-electron chi connectivity index (χ4n) is 7.81. The normalized spacial score (nSPS) is 12.0. The first kappa shape index (κ1) is 81.5. The maximum absolute atomic E-state index is 12.4. The van der Waals surface area contributed by atoms with E-state index in [-0.39, 0.29) is 194 Å². The van der Waals surface area contributed by atoms with E-state index in [1.807, 2.05) is 0 Å². The molecule has 0 heterocycles. The molecule has 0 aromatic heterocycles. The summed E-state index contributed by atoms with van der Waals surface area (Å²) in [5, 5.41) is 54.1. The van der Waals surface area contributed by atoms with Crippen LogP contribution in [0, 0.1) is 0 Å². The highest BCUT2D eigenvalue weighted by Crippen LogP contribution is 2.14. The van der Waals surface area contributed by atoms with Crippen LogP contribution in [0.2, 0.25) is 0 Å². The van der Waals surface area contributed by atoms with Crippen LogP contribution in [-0.2, 0) is 95.4 Å². The van der Waals surface area contributed by atoms with Crippen molar-refractivity contribution in [1.29, 1.82) is 0 Å². The van der Waals surface area contributed by atoms with Crippen LogP contribution in [-0.4, -0.2) is 242 Å². The van der Waals surface area contributed by atoms with Crippen LogP contribution in [0.5, 0.6) is 0 Å². The lowest BCUT2D eigenvalue weighted by atomic mass is 10.0. The standard InChI is InChI=1S/C57H98N7O24/c65-27-15-16-44(55(75)76)62-49(68)22-20-46(57(79)80)64-53(72)43-88-39-35-84-31-26-61-52(71)42-87-38-34-83-30-25-60-51(70)41-86-37-33-82-29-24-59-50(69)40-85-36-32-81-28-23-58-47(66)21-19-45(56(77)78)63-48(67)17-13-11-9-7-5-3-1-2-4-6-8-10-12-14-18-54(73)74/h44-46H,1-26,28-43H2,(H,58,66)(H,59,69)(H,60,70)(H,61,71)(H,62,68)(H,63,67)(H,64,72)(H,73,74)(H,75,76)(H,77,78)(H,79,80)/t44-,45-,46-/m0/s1. The van der Waals surface area contributed by atoms with Crippen molar-refractivity contribution in [2.75, 3.05) is 132 Å². The van der Waals surface area contributed by atoms with Gasteiger partial charge in [-0.2, -0.15) is 0 Å². The first-order valence-electron chi connectivity index (χ1n) is 30.3. The molecule has 0 unspecified atom stereocenters. The van der Waals surface area contributed by atoms with E-state index in [1.54, 1.807) is 0 Å². The van der Waals surface area contributed by atoms with Crippen molar-refractivity contribution in [2.24, 2.45) is 0 Å². The minimum atomic E-state index is -1.44. The highest BCUT2D eigenvalue weighted by atomic mass is 16.5. The zero-order chi connectivity index (χ0) is 65.1. The molecule has 31 nitrogen and oxygen atoms in total. The molecule has 7 amide bonds. The number of nitrogens with one attached hydrogen (secondary N) is 7. The fraction of sp³-hybridized carbons (Fsp3) is 0.789. The molecule has 0 fully saturated rings. The number of rotatable bonds is 64. The first-order valence-corrected chi connectivity index (χ1v) is 30.3. The molecule has 88 heavy (non-hydrogen) atoms. The predicted molar refractivity (Wildman–Crippen MR) is 312 cm³/mol. The number of ether oxygens (including phenoxy) is 8. The SMILES string of the molecule is O=[C]CC[C@H](NC(=O)CC[C@H](NC(=O)COCCOCCNC(=O)COCCOCCNC(=O)COCCOCCNC(=O)COCCOCCNC(=O)CC[C@H](NC(=O)CCCCCCCCCCCCCCCCC(=O)O)C(=O)O)C(=O)O)C(=O)O. The second-order valence-electron chi connectivity index (χ2n) is 20.0. The molecular formula is C57H98N7O24. The summed E-state index contributed by atoms with van der Waals surface area (Å²) in [7, 11) is 0. The van der Waals surface area contributed by atoms with Crippen molar-refractivity contribution in [1.82, 2.24) is 37.2 Å². The van der Waals surface area contributed by atoms with E-state index >= 15 is 0 Å². The van der Waals surface area contributed by atoms with Crippen LogP contribution in [0.25, 0.3) is 0 Å². The van der Waals surface area contributed by atoms with Crippen molar-refractivity contribution >= 4 is 71.5 Å². The lowest BCUT2D eigenvalue weighted by Gasteiger charge is -2.16. The zero-order valence-corrected chi connectivity index (χ0v) is 50.9. The number of carboxylic acids is 4. The molecular weight excluding hydrogens is 1170 g/mol. The lowest BCUT2D eigenvalue weighted by molar-refractivity contribution is -0.144. The molecule has 0 spiro atoms. The predicted octanol–water partition coefficient (Wildman–Crippen LogP) is 0.0687. The van der Waals surface area contributed by atoms with E-state index in [4.69, 9.17) is 48.1 Å². The average molecular weight is 1270 g/mol. The number of amides is 7. The molecule has 3 atom stereocenters. The number of carbonyl (C=O) groups excluding carboxylic acids is 8. The minimum Gasteiger partial charge on any atom is -0.481 e. The highest BCUT2D eigenvalue weighted by molar-refractivity contribution is 5.87. The van der Waals surface area contributed by atoms with E-state index in [0.717, 1.165) is 51.4 Å². The maximum atomic E-state index is 12.4. The Hall–Kier alpha value is -6.48.